The maximum Gasteiger partial charge on any atom is 0.239 e. The molecule has 5 heteroatoms. The SMILES string of the molecule is CCNC(=O)CN(C)C(=O)C1CCC(N)CC1C. The first-order chi connectivity index (χ1) is 8.45. The minimum Gasteiger partial charge on any atom is -0.355 e. The molecule has 0 bridgehead atoms. The molecule has 2 amide bonds. The molecule has 3 atom stereocenters. The molecule has 5 nitrogen and oxygen atoms in total. The second-order valence-electron chi connectivity index (χ2n) is 5.30. The van der Waals surface area contributed by atoms with Crippen molar-refractivity contribution >= 4 is 11.8 Å². The average molecular weight is 255 g/mol. The summed E-state index contributed by atoms with van der Waals surface area (Å²) >= 11 is 0. The third kappa shape index (κ3) is 3.98. The topological polar surface area (TPSA) is 75.4 Å². The Bertz CT molecular complexity index is 307. The zero-order chi connectivity index (χ0) is 13.7. The van der Waals surface area contributed by atoms with Crippen LogP contribution < -0.4 is 11.1 Å². The second kappa shape index (κ2) is 6.73. The molecule has 18 heavy (non-hydrogen) atoms. The minimum atomic E-state index is -0.103. The lowest BCUT2D eigenvalue weighted by Gasteiger charge is -2.33. The van der Waals surface area contributed by atoms with Gasteiger partial charge in [0.2, 0.25) is 11.8 Å². The van der Waals surface area contributed by atoms with Crippen LogP contribution in [0.15, 0.2) is 0 Å². The summed E-state index contributed by atoms with van der Waals surface area (Å²) in [7, 11) is 1.69. The van der Waals surface area contributed by atoms with Gasteiger partial charge < -0.3 is 16.0 Å². The molecule has 1 rings (SSSR count). The van der Waals surface area contributed by atoms with Gasteiger partial charge in [0.25, 0.3) is 0 Å². The Balaban J connectivity index is 2.50. The standard InChI is InChI=1S/C13H25N3O2/c1-4-15-12(17)8-16(3)13(18)11-6-5-10(14)7-9(11)2/h9-11H,4-8,14H2,1-3H3,(H,15,17). The van der Waals surface area contributed by atoms with Crippen molar-refractivity contribution in [2.24, 2.45) is 17.6 Å². The van der Waals surface area contributed by atoms with E-state index < -0.39 is 0 Å². The van der Waals surface area contributed by atoms with Crippen LogP contribution in [-0.2, 0) is 9.59 Å². The fourth-order valence-corrected chi connectivity index (χ4v) is 2.63. The van der Waals surface area contributed by atoms with Crippen LogP contribution >= 0.6 is 0 Å². The van der Waals surface area contributed by atoms with E-state index in [1.54, 1.807) is 7.05 Å². The highest BCUT2D eigenvalue weighted by Crippen LogP contribution is 2.30. The summed E-state index contributed by atoms with van der Waals surface area (Å²) in [6.45, 7) is 4.67. The molecule has 1 fully saturated rings. The van der Waals surface area contributed by atoms with Crippen LogP contribution in [0, 0.1) is 11.8 Å². The highest BCUT2D eigenvalue weighted by molar-refractivity contribution is 5.85. The Morgan fingerprint density at radius 2 is 2.06 bits per heavy atom. The first-order valence-corrected chi connectivity index (χ1v) is 6.73. The molecular formula is C13H25N3O2. The first kappa shape index (κ1) is 15.0. The van der Waals surface area contributed by atoms with Crippen molar-refractivity contribution in [2.75, 3.05) is 20.1 Å². The zero-order valence-electron chi connectivity index (χ0n) is 11.6. The van der Waals surface area contributed by atoms with E-state index in [9.17, 15) is 9.59 Å². The van der Waals surface area contributed by atoms with Crippen molar-refractivity contribution in [1.29, 1.82) is 0 Å². The van der Waals surface area contributed by atoms with Crippen molar-refractivity contribution in [3.8, 4) is 0 Å². The molecule has 0 aliphatic heterocycles. The predicted molar refractivity (Wildman–Crippen MR) is 70.8 cm³/mol. The molecule has 1 aliphatic carbocycles. The third-order valence-electron chi connectivity index (χ3n) is 3.66. The number of nitrogens with one attached hydrogen (secondary N) is 1. The average Bonchev–Trinajstić information content (AvgIpc) is 2.28. The molecule has 3 N–H and O–H groups in total. The number of nitrogens with two attached hydrogens (primary N) is 1. The van der Waals surface area contributed by atoms with Gasteiger partial charge in [-0.2, -0.15) is 0 Å². The molecule has 0 heterocycles. The van der Waals surface area contributed by atoms with E-state index in [-0.39, 0.29) is 30.3 Å². The summed E-state index contributed by atoms with van der Waals surface area (Å²) in [6.07, 6.45) is 2.63. The molecule has 1 aliphatic rings. The van der Waals surface area contributed by atoms with Gasteiger partial charge in [-0.1, -0.05) is 6.92 Å². The quantitative estimate of drug-likeness (QED) is 0.761. The summed E-state index contributed by atoms with van der Waals surface area (Å²) < 4.78 is 0. The first-order valence-electron chi connectivity index (χ1n) is 6.73. The summed E-state index contributed by atoms with van der Waals surface area (Å²) in [5.41, 5.74) is 5.89. The van der Waals surface area contributed by atoms with Crippen LogP contribution in [0.1, 0.15) is 33.1 Å². The number of nitrogens with zero attached hydrogens (tertiary/aromatic N) is 1. The highest BCUT2D eigenvalue weighted by Gasteiger charge is 2.32. The predicted octanol–water partition coefficient (Wildman–Crippen LogP) is 0.344. The molecule has 0 aromatic rings. The zero-order valence-corrected chi connectivity index (χ0v) is 11.6. The van der Waals surface area contributed by atoms with Gasteiger partial charge in [0.05, 0.1) is 6.54 Å². The van der Waals surface area contributed by atoms with Gasteiger partial charge in [-0.15, -0.1) is 0 Å². The number of amides is 2. The number of carbonyl (C=O) groups is 2. The lowest BCUT2D eigenvalue weighted by atomic mass is 9.77. The molecule has 0 saturated heterocycles. The van der Waals surface area contributed by atoms with E-state index in [0.29, 0.717) is 12.5 Å². The largest absolute Gasteiger partial charge is 0.355 e. The van der Waals surface area contributed by atoms with Gasteiger partial charge in [0, 0.05) is 25.6 Å². The Kier molecular flexibility index (Phi) is 5.59. The Hall–Kier alpha value is -1.10. The van der Waals surface area contributed by atoms with Gasteiger partial charge in [-0.05, 0) is 32.1 Å². The van der Waals surface area contributed by atoms with Crippen molar-refractivity contribution in [1.82, 2.24) is 10.2 Å². The van der Waals surface area contributed by atoms with Gasteiger partial charge in [-0.25, -0.2) is 0 Å². The lowest BCUT2D eigenvalue weighted by molar-refractivity contribution is -0.140. The van der Waals surface area contributed by atoms with Crippen LogP contribution in [0.4, 0.5) is 0 Å². The van der Waals surface area contributed by atoms with Crippen LogP contribution in [-0.4, -0.2) is 42.9 Å². The number of carbonyl (C=O) groups excluding carboxylic acids is 2. The summed E-state index contributed by atoms with van der Waals surface area (Å²) in [6, 6.07) is 0.220. The van der Waals surface area contributed by atoms with Gasteiger partial charge >= 0.3 is 0 Å². The summed E-state index contributed by atoms with van der Waals surface area (Å²) in [5, 5.41) is 2.70. The molecule has 0 radical (unpaired) electrons. The summed E-state index contributed by atoms with van der Waals surface area (Å²) in [4.78, 5) is 25.2. The van der Waals surface area contributed by atoms with Crippen molar-refractivity contribution in [3.63, 3.8) is 0 Å². The molecule has 0 aromatic carbocycles. The molecule has 3 unspecified atom stereocenters. The van der Waals surface area contributed by atoms with Crippen molar-refractivity contribution in [3.05, 3.63) is 0 Å². The summed E-state index contributed by atoms with van der Waals surface area (Å²) in [5.74, 6) is 0.288. The monoisotopic (exact) mass is 255 g/mol. The maximum atomic E-state index is 12.3. The maximum absolute atomic E-state index is 12.3. The number of hydrogen-bond acceptors (Lipinski definition) is 3. The van der Waals surface area contributed by atoms with E-state index in [4.69, 9.17) is 5.73 Å². The van der Waals surface area contributed by atoms with Gasteiger partial charge in [0.15, 0.2) is 0 Å². The fraction of sp³-hybridized carbons (Fsp3) is 0.846. The van der Waals surface area contributed by atoms with Crippen LogP contribution in [0.25, 0.3) is 0 Å². The minimum absolute atomic E-state index is 0.0178. The van der Waals surface area contributed by atoms with Crippen LogP contribution in [0.5, 0.6) is 0 Å². The van der Waals surface area contributed by atoms with Crippen LogP contribution in [0.2, 0.25) is 0 Å². The smallest absolute Gasteiger partial charge is 0.239 e. The van der Waals surface area contributed by atoms with Crippen molar-refractivity contribution < 1.29 is 9.59 Å². The molecule has 1 saturated carbocycles. The van der Waals surface area contributed by atoms with Crippen molar-refractivity contribution in [2.45, 2.75) is 39.2 Å². The number of rotatable bonds is 4. The molecule has 0 spiro atoms. The highest BCUT2D eigenvalue weighted by atomic mass is 16.2. The Morgan fingerprint density at radius 1 is 1.39 bits per heavy atom. The number of hydrogen-bond donors (Lipinski definition) is 2. The fourth-order valence-electron chi connectivity index (χ4n) is 2.63. The van der Waals surface area contributed by atoms with Gasteiger partial charge in [-0.3, -0.25) is 9.59 Å². The third-order valence-corrected chi connectivity index (χ3v) is 3.66. The Labute approximate surface area is 109 Å². The number of likely N-dealkylation sites (N-methyl/N-ethyl adjacent to an activating group) is 2. The molecule has 0 aromatic heterocycles. The molecule has 104 valence electrons. The van der Waals surface area contributed by atoms with E-state index in [0.717, 1.165) is 19.3 Å². The van der Waals surface area contributed by atoms with Crippen LogP contribution in [0.3, 0.4) is 0 Å². The van der Waals surface area contributed by atoms with Gasteiger partial charge in [0.1, 0.15) is 0 Å². The lowest BCUT2D eigenvalue weighted by Crippen LogP contribution is -2.45. The Morgan fingerprint density at radius 3 is 2.61 bits per heavy atom. The van der Waals surface area contributed by atoms with E-state index >= 15 is 0 Å². The van der Waals surface area contributed by atoms with E-state index in [1.807, 2.05) is 6.92 Å². The molecular weight excluding hydrogens is 230 g/mol. The van der Waals surface area contributed by atoms with E-state index in [2.05, 4.69) is 12.2 Å². The van der Waals surface area contributed by atoms with E-state index in [1.165, 1.54) is 4.90 Å². The second-order valence-corrected chi connectivity index (χ2v) is 5.30. The normalized spacial score (nSPS) is 27.7.